The highest BCUT2D eigenvalue weighted by Gasteiger charge is 2.47. The first-order chi connectivity index (χ1) is 10.7. The van der Waals surface area contributed by atoms with Crippen molar-refractivity contribution in [2.24, 2.45) is 0 Å². The minimum atomic E-state index is 0.0438. The molecule has 1 fully saturated rings. The third-order valence-electron chi connectivity index (χ3n) is 4.05. The molecule has 2 atom stereocenters. The maximum atomic E-state index is 12.4. The number of benzene rings is 2. The van der Waals surface area contributed by atoms with E-state index >= 15 is 0 Å². The summed E-state index contributed by atoms with van der Waals surface area (Å²) < 4.78 is 5.18. The van der Waals surface area contributed by atoms with E-state index in [2.05, 4.69) is 12.1 Å². The van der Waals surface area contributed by atoms with Crippen LogP contribution in [0, 0.1) is 0 Å². The summed E-state index contributed by atoms with van der Waals surface area (Å²) in [6.07, 6.45) is 2.88. The zero-order valence-electron chi connectivity index (χ0n) is 12.7. The molecule has 3 nitrogen and oxygen atoms in total. The van der Waals surface area contributed by atoms with E-state index in [9.17, 15) is 4.79 Å². The predicted molar refractivity (Wildman–Crippen MR) is 91.7 cm³/mol. The number of β-lactam (4-membered cyclic amide) rings is 1. The third-order valence-corrected chi connectivity index (χ3v) is 5.08. The molecule has 1 aliphatic heterocycles. The Morgan fingerprint density at radius 3 is 2.36 bits per heavy atom. The van der Waals surface area contributed by atoms with E-state index in [4.69, 9.17) is 4.74 Å². The van der Waals surface area contributed by atoms with Crippen LogP contribution in [-0.2, 0) is 11.2 Å². The van der Waals surface area contributed by atoms with Crippen molar-refractivity contribution in [3.05, 3.63) is 60.2 Å². The zero-order valence-corrected chi connectivity index (χ0v) is 13.5. The van der Waals surface area contributed by atoms with Gasteiger partial charge in [-0.2, -0.15) is 0 Å². The molecule has 1 aliphatic rings. The van der Waals surface area contributed by atoms with Crippen LogP contribution in [0.25, 0.3) is 0 Å². The molecule has 1 heterocycles. The second kappa shape index (κ2) is 6.44. The van der Waals surface area contributed by atoms with Gasteiger partial charge in [0.25, 0.3) is 0 Å². The van der Waals surface area contributed by atoms with Crippen molar-refractivity contribution in [1.29, 1.82) is 0 Å². The van der Waals surface area contributed by atoms with E-state index in [1.165, 1.54) is 5.56 Å². The predicted octanol–water partition coefficient (Wildman–Crippen LogP) is 3.38. The topological polar surface area (TPSA) is 29.5 Å². The van der Waals surface area contributed by atoms with Gasteiger partial charge in [-0.1, -0.05) is 30.3 Å². The molecule has 3 rings (SSSR count). The molecule has 0 radical (unpaired) electrons. The second-order valence-corrected chi connectivity index (χ2v) is 6.30. The Hall–Kier alpha value is -1.94. The van der Waals surface area contributed by atoms with Gasteiger partial charge in [-0.25, -0.2) is 0 Å². The minimum Gasteiger partial charge on any atom is -0.497 e. The first-order valence-corrected chi connectivity index (χ1v) is 8.57. The van der Waals surface area contributed by atoms with E-state index in [1.54, 1.807) is 18.9 Å². The summed E-state index contributed by atoms with van der Waals surface area (Å²) in [4.78, 5) is 14.3. The van der Waals surface area contributed by atoms with Gasteiger partial charge < -0.3 is 9.64 Å². The number of carbonyl (C=O) groups is 1. The number of nitrogens with zero attached hydrogens (tertiary/aromatic N) is 1. The molecule has 2 aromatic rings. The molecule has 0 unspecified atom stereocenters. The minimum absolute atomic E-state index is 0.0438. The summed E-state index contributed by atoms with van der Waals surface area (Å²) in [5.74, 6) is 0.997. The summed E-state index contributed by atoms with van der Waals surface area (Å²) >= 11 is 1.64. The Balaban J connectivity index is 1.83. The van der Waals surface area contributed by atoms with Crippen molar-refractivity contribution in [1.82, 2.24) is 0 Å². The van der Waals surface area contributed by atoms with Crippen molar-refractivity contribution in [3.63, 3.8) is 0 Å². The van der Waals surface area contributed by atoms with E-state index in [1.807, 2.05) is 53.6 Å². The van der Waals surface area contributed by atoms with Crippen LogP contribution in [0.15, 0.2) is 54.6 Å². The van der Waals surface area contributed by atoms with Crippen LogP contribution >= 0.6 is 11.8 Å². The van der Waals surface area contributed by atoms with Gasteiger partial charge in [0, 0.05) is 5.69 Å². The highest BCUT2D eigenvalue weighted by Crippen LogP contribution is 2.36. The number of hydrogen-bond acceptors (Lipinski definition) is 3. The van der Waals surface area contributed by atoms with Gasteiger partial charge in [0.2, 0.25) is 5.91 Å². The van der Waals surface area contributed by atoms with Gasteiger partial charge >= 0.3 is 0 Å². The van der Waals surface area contributed by atoms with Gasteiger partial charge in [-0.3, -0.25) is 4.79 Å². The Morgan fingerprint density at radius 2 is 1.77 bits per heavy atom. The van der Waals surface area contributed by atoms with Crippen LogP contribution in [0.1, 0.15) is 5.56 Å². The molecule has 22 heavy (non-hydrogen) atoms. The quantitative estimate of drug-likeness (QED) is 0.793. The molecule has 1 amide bonds. The Kier molecular flexibility index (Phi) is 4.39. The third kappa shape index (κ3) is 2.71. The van der Waals surface area contributed by atoms with Crippen LogP contribution in [0.3, 0.4) is 0 Å². The largest absolute Gasteiger partial charge is 0.497 e. The molecule has 0 saturated carbocycles. The van der Waals surface area contributed by atoms with Crippen molar-refractivity contribution in [3.8, 4) is 5.75 Å². The van der Waals surface area contributed by atoms with E-state index < -0.39 is 0 Å². The van der Waals surface area contributed by atoms with Crippen LogP contribution in [0.2, 0.25) is 0 Å². The summed E-state index contributed by atoms with van der Waals surface area (Å²) in [6.45, 7) is 0. The molecular weight excluding hydrogens is 294 g/mol. The van der Waals surface area contributed by atoms with Crippen molar-refractivity contribution in [2.45, 2.75) is 17.7 Å². The lowest BCUT2D eigenvalue weighted by molar-refractivity contribution is -0.123. The molecule has 0 aromatic heterocycles. The lowest BCUT2D eigenvalue weighted by Gasteiger charge is -2.46. The number of amides is 1. The van der Waals surface area contributed by atoms with E-state index in [0.717, 1.165) is 17.9 Å². The number of methoxy groups -OCH3 is 1. The summed E-state index contributed by atoms with van der Waals surface area (Å²) in [7, 11) is 1.64. The number of ether oxygens (including phenoxy) is 1. The fourth-order valence-electron chi connectivity index (χ4n) is 2.89. The highest BCUT2D eigenvalue weighted by molar-refractivity contribution is 8.00. The molecular formula is C18H19NO2S. The normalized spacial score (nSPS) is 20.6. The van der Waals surface area contributed by atoms with Crippen LogP contribution in [0.4, 0.5) is 5.69 Å². The molecule has 0 bridgehead atoms. The molecule has 0 N–H and O–H groups in total. The summed E-state index contributed by atoms with van der Waals surface area (Å²) in [5, 5.41) is 0.0438. The Bertz CT molecular complexity index is 642. The van der Waals surface area contributed by atoms with Gasteiger partial charge in [0.1, 0.15) is 11.0 Å². The molecule has 4 heteroatoms. The summed E-state index contributed by atoms with van der Waals surface area (Å²) in [6, 6.07) is 18.2. The Morgan fingerprint density at radius 1 is 1.09 bits per heavy atom. The van der Waals surface area contributed by atoms with Crippen molar-refractivity contribution in [2.75, 3.05) is 18.3 Å². The lowest BCUT2D eigenvalue weighted by atomic mass is 9.93. The molecule has 114 valence electrons. The maximum Gasteiger partial charge on any atom is 0.242 e. The fraction of sp³-hybridized carbons (Fsp3) is 0.278. The second-order valence-electron chi connectivity index (χ2n) is 5.32. The fourth-order valence-corrected chi connectivity index (χ4v) is 3.74. The standard InChI is InChI=1S/C18H19NO2S/c1-21-15-10-8-14(9-11-15)19-16(17(22-2)18(19)20)12-13-6-4-3-5-7-13/h3-11,16-17H,12H2,1-2H3/t16-,17+/m1/s1. The van der Waals surface area contributed by atoms with Crippen molar-refractivity contribution >= 4 is 23.4 Å². The number of thioether (sulfide) groups is 1. The number of hydrogen-bond donors (Lipinski definition) is 0. The lowest BCUT2D eigenvalue weighted by Crippen LogP contribution is -2.64. The van der Waals surface area contributed by atoms with Gasteiger partial charge in [-0.05, 0) is 42.5 Å². The molecule has 0 aliphatic carbocycles. The molecule has 1 saturated heterocycles. The smallest absolute Gasteiger partial charge is 0.242 e. The number of anilines is 1. The van der Waals surface area contributed by atoms with E-state index in [0.29, 0.717) is 0 Å². The average Bonchev–Trinajstić information content (AvgIpc) is 2.56. The molecule has 0 spiro atoms. The van der Waals surface area contributed by atoms with Crippen molar-refractivity contribution < 1.29 is 9.53 Å². The van der Waals surface area contributed by atoms with Gasteiger partial charge in [-0.15, -0.1) is 11.8 Å². The summed E-state index contributed by atoms with van der Waals surface area (Å²) in [5.41, 5.74) is 2.20. The molecule has 2 aromatic carbocycles. The Labute approximate surface area is 135 Å². The van der Waals surface area contributed by atoms with E-state index in [-0.39, 0.29) is 17.2 Å². The SMILES string of the molecule is COc1ccc(N2C(=O)[C@@H](SC)[C@H]2Cc2ccccc2)cc1. The van der Waals surface area contributed by atoms with Crippen LogP contribution in [0.5, 0.6) is 5.75 Å². The number of rotatable bonds is 5. The number of carbonyl (C=O) groups excluding carboxylic acids is 1. The van der Waals surface area contributed by atoms with Crippen LogP contribution < -0.4 is 9.64 Å². The first-order valence-electron chi connectivity index (χ1n) is 7.28. The van der Waals surface area contributed by atoms with Crippen LogP contribution in [-0.4, -0.2) is 30.6 Å². The maximum absolute atomic E-state index is 12.4. The zero-order chi connectivity index (χ0) is 15.5. The monoisotopic (exact) mass is 313 g/mol. The van der Waals surface area contributed by atoms with Gasteiger partial charge in [0.05, 0.1) is 13.2 Å². The van der Waals surface area contributed by atoms with Gasteiger partial charge in [0.15, 0.2) is 0 Å². The average molecular weight is 313 g/mol. The first kappa shape index (κ1) is 15.0. The highest BCUT2D eigenvalue weighted by atomic mass is 32.2.